The van der Waals surface area contributed by atoms with E-state index in [0.717, 1.165) is 0 Å². The van der Waals surface area contributed by atoms with Gasteiger partial charge in [0.25, 0.3) is 5.91 Å². The summed E-state index contributed by atoms with van der Waals surface area (Å²) in [5.41, 5.74) is 4.47. The molecule has 4 N–H and O–H groups in total. The fourth-order valence-electron chi connectivity index (χ4n) is 1.48. The summed E-state index contributed by atoms with van der Waals surface area (Å²) in [5, 5.41) is 11.4. The van der Waals surface area contributed by atoms with Crippen molar-refractivity contribution in [2.24, 2.45) is 11.1 Å². The Hall–Kier alpha value is -2.37. The summed E-state index contributed by atoms with van der Waals surface area (Å²) in [6.45, 7) is 2.91. The molecule has 0 spiro atoms. The first-order valence-electron chi connectivity index (χ1n) is 5.66. The van der Waals surface area contributed by atoms with Gasteiger partial charge in [0.1, 0.15) is 0 Å². The number of primary amides is 1. The lowest BCUT2D eigenvalue weighted by molar-refractivity contribution is -0.148. The maximum absolute atomic E-state index is 11.8. The molecule has 6 nitrogen and oxygen atoms in total. The standard InChI is InChI=1S/C13H16N2O4/c1-13(2,12(18)19)7-10(16)15-9-6-4-3-5-8(9)11(14)17/h3-6H,7H2,1-2H3,(H2,14,17)(H,15,16)(H,18,19). The first kappa shape index (κ1) is 14.7. The summed E-state index contributed by atoms with van der Waals surface area (Å²) in [7, 11) is 0. The number of hydrogen-bond donors (Lipinski definition) is 3. The molecule has 0 aromatic heterocycles. The van der Waals surface area contributed by atoms with E-state index < -0.39 is 23.2 Å². The number of nitrogens with one attached hydrogen (secondary N) is 1. The number of anilines is 1. The van der Waals surface area contributed by atoms with E-state index in [9.17, 15) is 14.4 Å². The van der Waals surface area contributed by atoms with E-state index in [2.05, 4.69) is 5.32 Å². The highest BCUT2D eigenvalue weighted by Crippen LogP contribution is 2.22. The van der Waals surface area contributed by atoms with Gasteiger partial charge in [-0.1, -0.05) is 12.1 Å². The Morgan fingerprint density at radius 3 is 2.37 bits per heavy atom. The number of rotatable bonds is 5. The van der Waals surface area contributed by atoms with Crippen molar-refractivity contribution in [3.05, 3.63) is 29.8 Å². The maximum Gasteiger partial charge on any atom is 0.309 e. The minimum Gasteiger partial charge on any atom is -0.481 e. The molecule has 0 unspecified atom stereocenters. The molecule has 6 heteroatoms. The van der Waals surface area contributed by atoms with Crippen molar-refractivity contribution in [1.29, 1.82) is 0 Å². The topological polar surface area (TPSA) is 109 Å². The van der Waals surface area contributed by atoms with Crippen molar-refractivity contribution in [2.75, 3.05) is 5.32 Å². The van der Waals surface area contributed by atoms with E-state index in [1.807, 2.05) is 0 Å². The van der Waals surface area contributed by atoms with Crippen LogP contribution < -0.4 is 11.1 Å². The van der Waals surface area contributed by atoms with Gasteiger partial charge in [0.2, 0.25) is 5.91 Å². The van der Waals surface area contributed by atoms with Crippen LogP contribution in [0, 0.1) is 5.41 Å². The summed E-state index contributed by atoms with van der Waals surface area (Å²) < 4.78 is 0. The minimum absolute atomic E-state index is 0.184. The Morgan fingerprint density at radius 2 is 1.84 bits per heavy atom. The van der Waals surface area contributed by atoms with Gasteiger partial charge >= 0.3 is 5.97 Å². The predicted octanol–water partition coefficient (Wildman–Crippen LogP) is 1.22. The quantitative estimate of drug-likeness (QED) is 0.742. The van der Waals surface area contributed by atoms with Crippen LogP contribution in [0.3, 0.4) is 0 Å². The van der Waals surface area contributed by atoms with Crippen LogP contribution in [-0.4, -0.2) is 22.9 Å². The summed E-state index contributed by atoms with van der Waals surface area (Å²) in [6.07, 6.45) is -0.199. The van der Waals surface area contributed by atoms with Crippen LogP contribution in [0.1, 0.15) is 30.6 Å². The van der Waals surface area contributed by atoms with Gasteiger partial charge in [-0.15, -0.1) is 0 Å². The molecular weight excluding hydrogens is 248 g/mol. The summed E-state index contributed by atoms with van der Waals surface area (Å²) in [5.74, 6) is -2.21. The fraction of sp³-hybridized carbons (Fsp3) is 0.308. The summed E-state index contributed by atoms with van der Waals surface area (Å²) in [6, 6.07) is 6.29. The van der Waals surface area contributed by atoms with Crippen molar-refractivity contribution >= 4 is 23.5 Å². The van der Waals surface area contributed by atoms with Gasteiger partial charge < -0.3 is 16.2 Å². The monoisotopic (exact) mass is 264 g/mol. The fourth-order valence-corrected chi connectivity index (χ4v) is 1.48. The second-order valence-electron chi connectivity index (χ2n) is 4.82. The lowest BCUT2D eigenvalue weighted by atomic mass is 9.89. The highest BCUT2D eigenvalue weighted by molar-refractivity contribution is 6.03. The van der Waals surface area contributed by atoms with Crippen LogP contribution in [-0.2, 0) is 9.59 Å². The normalized spacial score (nSPS) is 10.8. The van der Waals surface area contributed by atoms with E-state index in [1.54, 1.807) is 12.1 Å². The number of amides is 2. The van der Waals surface area contributed by atoms with Crippen LogP contribution in [0.2, 0.25) is 0 Å². The Balaban J connectivity index is 2.84. The molecule has 0 aliphatic heterocycles. The van der Waals surface area contributed by atoms with Crippen molar-refractivity contribution in [2.45, 2.75) is 20.3 Å². The number of hydrogen-bond acceptors (Lipinski definition) is 3. The van der Waals surface area contributed by atoms with Crippen LogP contribution in [0.5, 0.6) is 0 Å². The molecule has 0 aliphatic carbocycles. The predicted molar refractivity (Wildman–Crippen MR) is 69.6 cm³/mol. The number of benzene rings is 1. The molecule has 19 heavy (non-hydrogen) atoms. The second kappa shape index (κ2) is 5.51. The van der Waals surface area contributed by atoms with Gasteiger partial charge in [-0.3, -0.25) is 14.4 Å². The van der Waals surface area contributed by atoms with E-state index >= 15 is 0 Å². The molecule has 2 amide bonds. The molecule has 0 aliphatic rings. The number of para-hydroxylation sites is 1. The molecule has 0 heterocycles. The van der Waals surface area contributed by atoms with Gasteiger partial charge in [0.15, 0.2) is 0 Å². The molecule has 0 bridgehead atoms. The number of carboxylic acids is 1. The zero-order valence-corrected chi connectivity index (χ0v) is 10.8. The largest absolute Gasteiger partial charge is 0.481 e. The Morgan fingerprint density at radius 1 is 1.26 bits per heavy atom. The number of carboxylic acid groups (broad SMARTS) is 1. The van der Waals surface area contributed by atoms with Gasteiger partial charge in [0, 0.05) is 6.42 Å². The van der Waals surface area contributed by atoms with Crippen LogP contribution in [0.25, 0.3) is 0 Å². The number of carbonyl (C=O) groups is 3. The van der Waals surface area contributed by atoms with Gasteiger partial charge in [0.05, 0.1) is 16.7 Å². The van der Waals surface area contributed by atoms with E-state index in [-0.39, 0.29) is 17.7 Å². The van der Waals surface area contributed by atoms with Crippen molar-refractivity contribution in [1.82, 2.24) is 0 Å². The SMILES string of the molecule is CC(C)(CC(=O)Nc1ccccc1C(N)=O)C(=O)O. The maximum atomic E-state index is 11.8. The highest BCUT2D eigenvalue weighted by atomic mass is 16.4. The molecule has 102 valence electrons. The van der Waals surface area contributed by atoms with Gasteiger partial charge in [-0.05, 0) is 26.0 Å². The van der Waals surface area contributed by atoms with Gasteiger partial charge in [-0.25, -0.2) is 0 Å². The van der Waals surface area contributed by atoms with Crippen molar-refractivity contribution in [3.63, 3.8) is 0 Å². The third-order valence-electron chi connectivity index (χ3n) is 2.65. The zero-order valence-electron chi connectivity index (χ0n) is 10.8. The number of nitrogens with two attached hydrogens (primary N) is 1. The van der Waals surface area contributed by atoms with Gasteiger partial charge in [-0.2, -0.15) is 0 Å². The first-order chi connectivity index (χ1) is 8.74. The molecule has 0 saturated carbocycles. The summed E-state index contributed by atoms with van der Waals surface area (Å²) in [4.78, 5) is 33.9. The molecule has 1 rings (SSSR count). The van der Waals surface area contributed by atoms with Crippen LogP contribution in [0.15, 0.2) is 24.3 Å². The lowest BCUT2D eigenvalue weighted by Crippen LogP contribution is -2.30. The first-order valence-corrected chi connectivity index (χ1v) is 5.66. The van der Waals surface area contributed by atoms with Crippen molar-refractivity contribution in [3.8, 4) is 0 Å². The van der Waals surface area contributed by atoms with Crippen molar-refractivity contribution < 1.29 is 19.5 Å². The van der Waals surface area contributed by atoms with Crippen LogP contribution >= 0.6 is 0 Å². The Kier molecular flexibility index (Phi) is 4.26. The molecule has 1 aromatic rings. The Bertz CT molecular complexity index is 523. The number of carbonyl (C=O) groups excluding carboxylic acids is 2. The minimum atomic E-state index is -1.17. The third-order valence-corrected chi connectivity index (χ3v) is 2.65. The van der Waals surface area contributed by atoms with E-state index in [1.165, 1.54) is 26.0 Å². The molecule has 0 radical (unpaired) electrons. The van der Waals surface area contributed by atoms with E-state index in [0.29, 0.717) is 0 Å². The molecular formula is C13H16N2O4. The average Bonchev–Trinajstić information content (AvgIpc) is 2.28. The van der Waals surface area contributed by atoms with Crippen LogP contribution in [0.4, 0.5) is 5.69 Å². The number of aliphatic carboxylic acids is 1. The average molecular weight is 264 g/mol. The smallest absolute Gasteiger partial charge is 0.309 e. The Labute approximate surface area is 110 Å². The highest BCUT2D eigenvalue weighted by Gasteiger charge is 2.30. The molecule has 1 aromatic carbocycles. The van der Waals surface area contributed by atoms with E-state index in [4.69, 9.17) is 10.8 Å². The lowest BCUT2D eigenvalue weighted by Gasteiger charge is -2.18. The molecule has 0 fully saturated rings. The molecule has 0 atom stereocenters. The summed E-state index contributed by atoms with van der Waals surface area (Å²) >= 11 is 0. The third kappa shape index (κ3) is 3.80. The molecule has 0 saturated heterocycles. The zero-order chi connectivity index (χ0) is 14.6. The second-order valence-corrected chi connectivity index (χ2v) is 4.82.